The molecule has 4 rings (SSSR count). The lowest BCUT2D eigenvalue weighted by Gasteiger charge is -2.25. The van der Waals surface area contributed by atoms with Crippen molar-refractivity contribution < 1.29 is 28.3 Å². The maximum Gasteiger partial charge on any atom is 0.417 e. The van der Waals surface area contributed by atoms with Crippen molar-refractivity contribution in [3.05, 3.63) is 71.5 Å². The van der Waals surface area contributed by atoms with Gasteiger partial charge in [0, 0.05) is 31.4 Å². The van der Waals surface area contributed by atoms with E-state index in [1.807, 2.05) is 0 Å². The van der Waals surface area contributed by atoms with E-state index in [1.165, 1.54) is 12.6 Å². The average molecular weight is 514 g/mol. The third kappa shape index (κ3) is 6.29. The maximum atomic E-state index is 13.3. The van der Waals surface area contributed by atoms with Gasteiger partial charge in [-0.1, -0.05) is 36.8 Å². The number of amides is 2. The van der Waals surface area contributed by atoms with Gasteiger partial charge in [-0.05, 0) is 58.4 Å². The number of halogens is 3. The van der Waals surface area contributed by atoms with E-state index in [0.29, 0.717) is 34.4 Å². The summed E-state index contributed by atoms with van der Waals surface area (Å²) in [5.74, 6) is -0.305. The van der Waals surface area contributed by atoms with Gasteiger partial charge in [0.05, 0.1) is 5.69 Å². The topological polar surface area (TPSA) is 121 Å². The van der Waals surface area contributed by atoms with Crippen molar-refractivity contribution in [2.45, 2.75) is 38.0 Å². The molecule has 0 spiro atoms. The Morgan fingerprint density at radius 3 is 2.49 bits per heavy atom. The van der Waals surface area contributed by atoms with E-state index in [-0.39, 0.29) is 23.8 Å². The minimum absolute atomic E-state index is 0.123. The van der Waals surface area contributed by atoms with Gasteiger partial charge in [-0.3, -0.25) is 9.59 Å². The van der Waals surface area contributed by atoms with Crippen molar-refractivity contribution in [3.63, 3.8) is 0 Å². The number of carbonyl (C=O) groups is 2. The van der Waals surface area contributed by atoms with Crippen LogP contribution in [0.1, 0.15) is 45.7 Å². The number of benzene rings is 2. The number of rotatable bonds is 10. The van der Waals surface area contributed by atoms with Crippen LogP contribution in [0.15, 0.2) is 59.8 Å². The summed E-state index contributed by atoms with van der Waals surface area (Å²) in [5, 5.41) is 12.6. The summed E-state index contributed by atoms with van der Waals surface area (Å²) in [6.45, 7) is 0.230. The fraction of sp³-hybridized carbons (Fsp3) is 0.346. The summed E-state index contributed by atoms with van der Waals surface area (Å²) >= 11 is 0. The predicted molar refractivity (Wildman–Crippen MR) is 132 cm³/mol. The van der Waals surface area contributed by atoms with E-state index in [2.05, 4.69) is 26.0 Å². The minimum Gasteiger partial charge on any atom is -0.350 e. The molecule has 0 aliphatic heterocycles. The highest BCUT2D eigenvalue weighted by atomic mass is 19.4. The van der Waals surface area contributed by atoms with E-state index < -0.39 is 24.7 Å². The van der Waals surface area contributed by atoms with Crippen LogP contribution in [0, 0.1) is 5.92 Å². The predicted octanol–water partition coefficient (Wildman–Crippen LogP) is 3.25. The number of pyridine rings is 1. The third-order valence-electron chi connectivity index (χ3n) is 6.52. The fourth-order valence-corrected chi connectivity index (χ4v) is 4.20. The molecule has 2 aromatic carbocycles. The highest BCUT2D eigenvalue weighted by Crippen LogP contribution is 2.27. The Hall–Kier alpha value is -3.86. The highest BCUT2D eigenvalue weighted by molar-refractivity contribution is 6.15. The summed E-state index contributed by atoms with van der Waals surface area (Å²) in [7, 11) is 0. The molecule has 11 heteroatoms. The van der Waals surface area contributed by atoms with Crippen LogP contribution in [-0.4, -0.2) is 42.1 Å². The molecular formula is C26H28F3N6O2+. The van der Waals surface area contributed by atoms with Gasteiger partial charge in [-0.2, -0.15) is 18.7 Å². The summed E-state index contributed by atoms with van der Waals surface area (Å²) in [4.78, 5) is 30.1. The summed E-state index contributed by atoms with van der Waals surface area (Å²) in [6, 6.07) is 11.6. The van der Waals surface area contributed by atoms with Gasteiger partial charge < -0.3 is 16.0 Å². The Balaban J connectivity index is 1.50. The molecule has 1 saturated carbocycles. The molecule has 1 fully saturated rings. The number of anilines is 1. The van der Waals surface area contributed by atoms with E-state index in [1.54, 1.807) is 48.5 Å². The van der Waals surface area contributed by atoms with Crippen LogP contribution in [-0.2, 0) is 6.54 Å². The Kier molecular flexibility index (Phi) is 8.12. The lowest BCUT2D eigenvalue weighted by molar-refractivity contribution is -0.257. The zero-order valence-electron chi connectivity index (χ0n) is 20.0. The standard InChI is InChI=1S/C26H27F3N6O2/c27-26(28,29)22(35-30)15-31-14-17-10-11-20(19-8-2-1-7-18(17)19)24(36)34-21-9-4-12-32-23(21)25(37)33-13-16-5-3-6-16/h1-2,4,7-12,16,22,30-31H,3,5-6,13-15H2,(H,33,37)(H,34,36)/p+1. The molecule has 1 atom stereocenters. The van der Waals surface area contributed by atoms with Gasteiger partial charge in [0.2, 0.25) is 6.04 Å². The quantitative estimate of drug-likeness (QED) is 0.311. The smallest absolute Gasteiger partial charge is 0.350 e. The normalized spacial score (nSPS) is 14.6. The zero-order chi connectivity index (χ0) is 26.4. The lowest BCUT2D eigenvalue weighted by atomic mass is 9.85. The molecular weight excluding hydrogens is 485 g/mol. The number of alkyl halides is 3. The Morgan fingerprint density at radius 2 is 1.81 bits per heavy atom. The molecule has 2 amide bonds. The first-order valence-corrected chi connectivity index (χ1v) is 12.0. The van der Waals surface area contributed by atoms with Crippen molar-refractivity contribution in [3.8, 4) is 0 Å². The molecule has 194 valence electrons. The van der Waals surface area contributed by atoms with Gasteiger partial charge >= 0.3 is 6.18 Å². The molecule has 0 saturated heterocycles. The summed E-state index contributed by atoms with van der Waals surface area (Å²) in [6.07, 6.45) is 0.315. The Morgan fingerprint density at radius 1 is 1.05 bits per heavy atom. The lowest BCUT2D eigenvalue weighted by Crippen LogP contribution is -2.43. The van der Waals surface area contributed by atoms with E-state index >= 15 is 0 Å². The largest absolute Gasteiger partial charge is 0.417 e. The van der Waals surface area contributed by atoms with E-state index in [0.717, 1.165) is 12.8 Å². The number of fused-ring (bicyclic) bond motifs is 1. The molecule has 1 unspecified atom stereocenters. The van der Waals surface area contributed by atoms with Gasteiger partial charge in [0.1, 0.15) is 0 Å². The monoisotopic (exact) mass is 513 g/mol. The number of nitrogens with two attached hydrogens (primary N) is 1. The Labute approximate surface area is 211 Å². The minimum atomic E-state index is -4.54. The molecule has 1 aliphatic rings. The number of carbonyl (C=O) groups excluding carboxylic acids is 2. The molecule has 0 bridgehead atoms. The summed E-state index contributed by atoms with van der Waals surface area (Å²) in [5.41, 5.74) is 6.39. The van der Waals surface area contributed by atoms with Gasteiger partial charge in [0.15, 0.2) is 5.69 Å². The van der Waals surface area contributed by atoms with Crippen LogP contribution in [0.3, 0.4) is 0 Å². The first-order valence-electron chi connectivity index (χ1n) is 12.0. The van der Waals surface area contributed by atoms with Crippen molar-refractivity contribution >= 4 is 28.3 Å². The fourth-order valence-electron chi connectivity index (χ4n) is 4.20. The molecule has 5 N–H and O–H groups in total. The van der Waals surface area contributed by atoms with Crippen LogP contribution in [0.25, 0.3) is 10.8 Å². The number of hydrogen-bond donors (Lipinski definition) is 4. The molecule has 1 aromatic heterocycles. The van der Waals surface area contributed by atoms with Crippen molar-refractivity contribution in [1.29, 1.82) is 0 Å². The van der Waals surface area contributed by atoms with E-state index in [9.17, 15) is 22.8 Å². The molecule has 37 heavy (non-hydrogen) atoms. The molecule has 8 nitrogen and oxygen atoms in total. The second-order valence-electron chi connectivity index (χ2n) is 9.02. The maximum absolute atomic E-state index is 13.3. The third-order valence-corrected chi connectivity index (χ3v) is 6.52. The number of nitrogens with one attached hydrogen (secondary N) is 3. The van der Waals surface area contributed by atoms with Crippen molar-refractivity contribution in [2.24, 2.45) is 11.0 Å². The van der Waals surface area contributed by atoms with Crippen LogP contribution < -0.4 is 21.5 Å². The molecule has 3 aromatic rings. The highest BCUT2D eigenvalue weighted by Gasteiger charge is 2.41. The Bertz CT molecular complexity index is 1290. The van der Waals surface area contributed by atoms with Crippen LogP contribution in [0.2, 0.25) is 0 Å². The molecule has 0 radical (unpaired) electrons. The first kappa shape index (κ1) is 26.2. The van der Waals surface area contributed by atoms with Crippen molar-refractivity contribution in [2.75, 3.05) is 18.4 Å². The number of aromatic nitrogens is 1. The number of nitrogens with zero attached hydrogens (tertiary/aromatic N) is 2. The zero-order valence-corrected chi connectivity index (χ0v) is 20.0. The van der Waals surface area contributed by atoms with Gasteiger partial charge in [-0.15, -0.1) is 0 Å². The summed E-state index contributed by atoms with van der Waals surface area (Å²) < 4.78 is 38.7. The average Bonchev–Trinajstić information content (AvgIpc) is 2.85. The van der Waals surface area contributed by atoms with Crippen LogP contribution >= 0.6 is 0 Å². The van der Waals surface area contributed by atoms with Crippen LogP contribution in [0.5, 0.6) is 0 Å². The first-order chi connectivity index (χ1) is 17.8. The van der Waals surface area contributed by atoms with Gasteiger partial charge in [-0.25, -0.2) is 4.98 Å². The molecule has 1 aliphatic carbocycles. The second-order valence-corrected chi connectivity index (χ2v) is 9.02. The van der Waals surface area contributed by atoms with Gasteiger partial charge in [0.25, 0.3) is 11.8 Å². The second kappa shape index (κ2) is 11.5. The number of hydrogen-bond acceptors (Lipinski definition) is 5. The van der Waals surface area contributed by atoms with E-state index in [4.69, 9.17) is 5.53 Å². The molecule has 1 heterocycles. The van der Waals surface area contributed by atoms with Crippen molar-refractivity contribution in [1.82, 2.24) is 15.6 Å². The SMILES string of the molecule is [NH2+]=NC(CNCc1ccc(C(=O)Nc2cccnc2C(=O)NCC2CCC2)c2ccccc12)C(F)(F)F. The van der Waals surface area contributed by atoms with Crippen LogP contribution in [0.4, 0.5) is 18.9 Å².